The molecule has 2 heterocycles. The highest BCUT2D eigenvalue weighted by Crippen LogP contribution is 2.22. The summed E-state index contributed by atoms with van der Waals surface area (Å²) in [7, 11) is 4.06. The first kappa shape index (κ1) is 17.4. The first-order valence-corrected chi connectivity index (χ1v) is 9.07. The Hall–Kier alpha value is -2.44. The number of nitrogens with zero attached hydrogens (tertiary/aromatic N) is 3. The summed E-state index contributed by atoms with van der Waals surface area (Å²) in [5, 5.41) is 9.32. The number of benzene rings is 1. The Morgan fingerprint density at radius 2 is 2.04 bits per heavy atom. The third-order valence-electron chi connectivity index (χ3n) is 4.06. The Bertz CT molecular complexity index is 779. The second kappa shape index (κ2) is 8.09. The number of rotatable bonds is 7. The lowest BCUT2D eigenvalue weighted by atomic mass is 10.1. The number of hydrogen-bond donors (Lipinski definition) is 1. The molecule has 1 amide bonds. The lowest BCUT2D eigenvalue weighted by Crippen LogP contribution is -2.34. The highest BCUT2D eigenvalue weighted by atomic mass is 32.1. The van der Waals surface area contributed by atoms with Gasteiger partial charge in [-0.05, 0) is 49.3 Å². The van der Waals surface area contributed by atoms with Crippen molar-refractivity contribution in [2.45, 2.75) is 12.5 Å². The molecule has 5 nitrogen and oxygen atoms in total. The summed E-state index contributed by atoms with van der Waals surface area (Å²) in [5.74, 6) is 0.0373. The van der Waals surface area contributed by atoms with Gasteiger partial charge in [-0.2, -0.15) is 5.10 Å². The monoisotopic (exact) mass is 354 g/mol. The van der Waals surface area contributed by atoms with Crippen LogP contribution in [0.3, 0.4) is 0 Å². The minimum absolute atomic E-state index is 0.0373. The van der Waals surface area contributed by atoms with Gasteiger partial charge < -0.3 is 10.2 Å². The maximum atomic E-state index is 12.3. The molecule has 6 heteroatoms. The highest BCUT2D eigenvalue weighted by Gasteiger charge is 2.16. The van der Waals surface area contributed by atoms with E-state index in [2.05, 4.69) is 26.8 Å². The molecule has 2 aromatic heterocycles. The summed E-state index contributed by atoms with van der Waals surface area (Å²) in [6.45, 7) is 0.609. The Kier molecular flexibility index (Phi) is 5.63. The van der Waals surface area contributed by atoms with Crippen LogP contribution < -0.4 is 5.32 Å². The molecule has 0 saturated carbocycles. The zero-order valence-electron chi connectivity index (χ0n) is 14.4. The van der Waals surface area contributed by atoms with Gasteiger partial charge in [0.2, 0.25) is 5.91 Å². The number of nitrogens with one attached hydrogen (secondary N) is 1. The number of amides is 1. The van der Waals surface area contributed by atoms with Gasteiger partial charge in [0.05, 0.1) is 18.2 Å². The molecule has 25 heavy (non-hydrogen) atoms. The minimum Gasteiger partial charge on any atom is -0.354 e. The van der Waals surface area contributed by atoms with E-state index in [1.54, 1.807) is 22.2 Å². The lowest BCUT2D eigenvalue weighted by molar-refractivity contribution is -0.120. The second-order valence-electron chi connectivity index (χ2n) is 6.09. The van der Waals surface area contributed by atoms with E-state index in [1.165, 1.54) is 4.88 Å². The normalized spacial score (nSPS) is 12.3. The van der Waals surface area contributed by atoms with E-state index in [1.807, 2.05) is 56.7 Å². The predicted octanol–water partition coefficient (Wildman–Crippen LogP) is 2.90. The van der Waals surface area contributed by atoms with Crippen molar-refractivity contribution in [3.63, 3.8) is 0 Å². The van der Waals surface area contributed by atoms with Crippen molar-refractivity contribution in [1.29, 1.82) is 0 Å². The molecule has 0 bridgehead atoms. The van der Waals surface area contributed by atoms with E-state index < -0.39 is 0 Å². The Labute approximate surface area is 151 Å². The smallest absolute Gasteiger partial charge is 0.224 e. The van der Waals surface area contributed by atoms with Crippen molar-refractivity contribution in [3.05, 3.63) is 70.7 Å². The maximum absolute atomic E-state index is 12.3. The van der Waals surface area contributed by atoms with E-state index in [-0.39, 0.29) is 11.9 Å². The van der Waals surface area contributed by atoms with E-state index in [0.29, 0.717) is 13.0 Å². The van der Waals surface area contributed by atoms with Gasteiger partial charge in [0.15, 0.2) is 0 Å². The second-order valence-corrected chi connectivity index (χ2v) is 7.07. The van der Waals surface area contributed by atoms with Crippen molar-refractivity contribution in [2.24, 2.45) is 0 Å². The fraction of sp³-hybridized carbons (Fsp3) is 0.263. The summed E-state index contributed by atoms with van der Waals surface area (Å²) >= 11 is 1.71. The SMILES string of the molecule is CN(C)[C@@H](CNC(=O)Cc1ccc(-n2cccn2)cc1)c1cccs1. The van der Waals surface area contributed by atoms with Crippen molar-refractivity contribution in [3.8, 4) is 5.69 Å². The first-order chi connectivity index (χ1) is 12.1. The van der Waals surface area contributed by atoms with Crippen LogP contribution in [0.2, 0.25) is 0 Å². The molecule has 0 radical (unpaired) electrons. The van der Waals surface area contributed by atoms with Crippen LogP contribution in [0, 0.1) is 0 Å². The molecule has 0 spiro atoms. The van der Waals surface area contributed by atoms with E-state index in [9.17, 15) is 4.79 Å². The largest absolute Gasteiger partial charge is 0.354 e. The van der Waals surface area contributed by atoms with Gasteiger partial charge in [-0.1, -0.05) is 18.2 Å². The van der Waals surface area contributed by atoms with Crippen molar-refractivity contribution < 1.29 is 4.79 Å². The van der Waals surface area contributed by atoms with Crippen LogP contribution in [-0.4, -0.2) is 41.2 Å². The minimum atomic E-state index is 0.0373. The molecule has 0 fully saturated rings. The van der Waals surface area contributed by atoms with Gasteiger partial charge in [-0.3, -0.25) is 4.79 Å². The van der Waals surface area contributed by atoms with Crippen LogP contribution >= 0.6 is 11.3 Å². The summed E-state index contributed by atoms with van der Waals surface area (Å²) in [6.07, 6.45) is 4.02. The van der Waals surface area contributed by atoms with Crippen molar-refractivity contribution in [1.82, 2.24) is 20.0 Å². The molecule has 1 N–H and O–H groups in total. The topological polar surface area (TPSA) is 50.2 Å². The third kappa shape index (κ3) is 4.55. The average Bonchev–Trinajstić information content (AvgIpc) is 3.29. The molecule has 1 aromatic carbocycles. The van der Waals surface area contributed by atoms with Crippen molar-refractivity contribution in [2.75, 3.05) is 20.6 Å². The van der Waals surface area contributed by atoms with Crippen LogP contribution in [-0.2, 0) is 11.2 Å². The first-order valence-electron chi connectivity index (χ1n) is 8.19. The predicted molar refractivity (Wildman–Crippen MR) is 101 cm³/mol. The standard InChI is InChI=1S/C19H22N4OS/c1-22(2)17(18-5-3-12-25-18)14-20-19(24)13-15-6-8-16(9-7-15)23-11-4-10-21-23/h3-12,17H,13-14H2,1-2H3,(H,20,24)/t17-/m0/s1. The Morgan fingerprint density at radius 1 is 1.24 bits per heavy atom. The summed E-state index contributed by atoms with van der Waals surface area (Å²) < 4.78 is 1.80. The highest BCUT2D eigenvalue weighted by molar-refractivity contribution is 7.10. The molecule has 0 aliphatic heterocycles. The van der Waals surface area contributed by atoms with Gasteiger partial charge in [-0.25, -0.2) is 4.68 Å². The summed E-state index contributed by atoms with van der Waals surface area (Å²) in [4.78, 5) is 15.7. The average molecular weight is 354 g/mol. The number of aromatic nitrogens is 2. The molecule has 0 unspecified atom stereocenters. The summed E-state index contributed by atoms with van der Waals surface area (Å²) in [5.41, 5.74) is 1.98. The molecular weight excluding hydrogens is 332 g/mol. The molecule has 0 aliphatic carbocycles. The fourth-order valence-electron chi connectivity index (χ4n) is 2.67. The van der Waals surface area contributed by atoms with Crippen molar-refractivity contribution >= 4 is 17.2 Å². The van der Waals surface area contributed by atoms with Crippen LogP contribution in [0.25, 0.3) is 5.69 Å². The van der Waals surface area contributed by atoms with Gasteiger partial charge in [0, 0.05) is 23.8 Å². The molecule has 3 rings (SSSR count). The van der Waals surface area contributed by atoms with Gasteiger partial charge >= 0.3 is 0 Å². The van der Waals surface area contributed by atoms with Gasteiger partial charge in [-0.15, -0.1) is 11.3 Å². The number of carbonyl (C=O) groups is 1. The number of carbonyl (C=O) groups excluding carboxylic acids is 1. The van der Waals surface area contributed by atoms with Crippen LogP contribution in [0.1, 0.15) is 16.5 Å². The number of thiophene rings is 1. The van der Waals surface area contributed by atoms with E-state index in [4.69, 9.17) is 0 Å². The molecule has 3 aromatic rings. The quantitative estimate of drug-likeness (QED) is 0.710. The van der Waals surface area contributed by atoms with E-state index in [0.717, 1.165) is 11.3 Å². The maximum Gasteiger partial charge on any atom is 0.224 e. The lowest BCUT2D eigenvalue weighted by Gasteiger charge is -2.23. The number of likely N-dealkylation sites (N-methyl/N-ethyl adjacent to an activating group) is 1. The summed E-state index contributed by atoms with van der Waals surface area (Å²) in [6, 6.07) is 14.1. The Morgan fingerprint density at radius 3 is 2.64 bits per heavy atom. The zero-order chi connectivity index (χ0) is 17.6. The zero-order valence-corrected chi connectivity index (χ0v) is 15.2. The molecule has 130 valence electrons. The van der Waals surface area contributed by atoms with Crippen LogP contribution in [0.5, 0.6) is 0 Å². The Balaban J connectivity index is 1.55. The fourth-order valence-corrected chi connectivity index (χ4v) is 3.59. The van der Waals surface area contributed by atoms with Crippen LogP contribution in [0.15, 0.2) is 60.2 Å². The third-order valence-corrected chi connectivity index (χ3v) is 5.03. The molecule has 0 saturated heterocycles. The molecule has 1 atom stereocenters. The van der Waals surface area contributed by atoms with Crippen LogP contribution in [0.4, 0.5) is 0 Å². The number of hydrogen-bond acceptors (Lipinski definition) is 4. The van der Waals surface area contributed by atoms with Gasteiger partial charge in [0.1, 0.15) is 0 Å². The van der Waals surface area contributed by atoms with E-state index >= 15 is 0 Å². The van der Waals surface area contributed by atoms with Gasteiger partial charge in [0.25, 0.3) is 0 Å². The molecule has 0 aliphatic rings. The molecular formula is C19H22N4OS.